The molecule has 1 N–H and O–H groups in total. The molecular formula is C37H25N3. The smallest absolute Gasteiger partial charge is 0.161 e. The van der Waals surface area contributed by atoms with E-state index in [1.54, 1.807) is 0 Å². The molecule has 188 valence electrons. The van der Waals surface area contributed by atoms with E-state index in [1.165, 1.54) is 32.3 Å². The van der Waals surface area contributed by atoms with Gasteiger partial charge in [-0.3, -0.25) is 5.41 Å². The molecule has 0 fully saturated rings. The van der Waals surface area contributed by atoms with Crippen molar-refractivity contribution in [3.05, 3.63) is 156 Å². The zero-order valence-corrected chi connectivity index (χ0v) is 21.8. The molecule has 3 heteroatoms. The Morgan fingerprint density at radius 2 is 0.975 bits per heavy atom. The molecular weight excluding hydrogens is 486 g/mol. The first-order chi connectivity index (χ1) is 19.7. The highest BCUT2D eigenvalue weighted by Crippen LogP contribution is 2.28. The van der Waals surface area contributed by atoms with Crippen LogP contribution in [0.15, 0.2) is 150 Å². The summed E-state index contributed by atoms with van der Waals surface area (Å²) in [4.78, 5) is 9.56. The van der Waals surface area contributed by atoms with Gasteiger partial charge in [0.2, 0.25) is 0 Å². The van der Waals surface area contributed by atoms with Crippen molar-refractivity contribution >= 4 is 61.0 Å². The third-order valence-corrected chi connectivity index (χ3v) is 7.37. The molecule has 0 unspecified atom stereocenters. The van der Waals surface area contributed by atoms with E-state index >= 15 is 0 Å². The van der Waals surface area contributed by atoms with Crippen LogP contribution in [0.4, 0.5) is 0 Å². The van der Waals surface area contributed by atoms with E-state index in [0.29, 0.717) is 5.84 Å². The topological polar surface area (TPSA) is 48.6 Å². The normalized spacial score (nSPS) is 12.2. The maximum absolute atomic E-state index is 8.94. The minimum absolute atomic E-state index is 0.175. The third-order valence-electron chi connectivity index (χ3n) is 7.37. The minimum Gasteiger partial charge on any atom is -0.282 e. The molecule has 0 saturated heterocycles. The Labute approximate surface area is 232 Å². The Morgan fingerprint density at radius 3 is 1.62 bits per heavy atom. The summed E-state index contributed by atoms with van der Waals surface area (Å²) in [7, 11) is 0. The molecule has 7 aromatic rings. The molecule has 3 nitrogen and oxygen atoms in total. The summed E-state index contributed by atoms with van der Waals surface area (Å²) in [5.74, 6) is 0.677. The summed E-state index contributed by atoms with van der Waals surface area (Å²) < 4.78 is 0. The first kappa shape index (κ1) is 23.7. The quantitative estimate of drug-likeness (QED) is 0.140. The van der Waals surface area contributed by atoms with Crippen molar-refractivity contribution in [2.24, 2.45) is 9.98 Å². The lowest BCUT2D eigenvalue weighted by atomic mass is 9.99. The lowest BCUT2D eigenvalue weighted by molar-refractivity contribution is 1.40. The van der Waals surface area contributed by atoms with E-state index in [4.69, 9.17) is 15.4 Å². The largest absolute Gasteiger partial charge is 0.282 e. The van der Waals surface area contributed by atoms with Crippen LogP contribution in [0.25, 0.3) is 43.1 Å². The van der Waals surface area contributed by atoms with Crippen molar-refractivity contribution in [3.8, 4) is 0 Å². The SMILES string of the molecule is N=C(N=C(N=Cc1ccccc1)c1ccc2c(ccc3ccccc32)c1)c1ccc2c(ccc3ccccc32)c1. The van der Waals surface area contributed by atoms with Crippen LogP contribution in [0.3, 0.4) is 0 Å². The molecule has 0 aliphatic carbocycles. The molecule has 0 heterocycles. The molecule has 0 saturated carbocycles. The second-order valence-electron chi connectivity index (χ2n) is 9.90. The zero-order chi connectivity index (χ0) is 26.9. The monoisotopic (exact) mass is 511 g/mol. The van der Waals surface area contributed by atoms with Crippen molar-refractivity contribution in [1.82, 2.24) is 0 Å². The molecule has 0 spiro atoms. The Morgan fingerprint density at radius 1 is 0.475 bits per heavy atom. The second kappa shape index (κ2) is 10.0. The van der Waals surface area contributed by atoms with Crippen molar-refractivity contribution in [1.29, 1.82) is 5.41 Å². The van der Waals surface area contributed by atoms with Crippen molar-refractivity contribution < 1.29 is 0 Å². The van der Waals surface area contributed by atoms with E-state index in [9.17, 15) is 0 Å². The Hall–Kier alpha value is -5.41. The standard InChI is InChI=1S/C37H25N3/c38-36(30-18-20-34-28(22-30)16-14-26-10-4-6-12-32(26)34)40-37(39-24-25-8-2-1-3-9-25)31-19-21-35-29(23-31)17-15-27-11-5-7-13-33(27)35/h1-24,38H. The first-order valence-corrected chi connectivity index (χ1v) is 13.3. The molecule has 7 rings (SSSR count). The fraction of sp³-hybridized carbons (Fsp3) is 0. The predicted molar refractivity (Wildman–Crippen MR) is 170 cm³/mol. The minimum atomic E-state index is 0.175. The van der Waals surface area contributed by atoms with Gasteiger partial charge in [0.1, 0.15) is 0 Å². The second-order valence-corrected chi connectivity index (χ2v) is 9.90. The van der Waals surface area contributed by atoms with Gasteiger partial charge in [0.25, 0.3) is 0 Å². The van der Waals surface area contributed by atoms with Gasteiger partial charge in [-0.25, -0.2) is 9.98 Å². The highest BCUT2D eigenvalue weighted by molar-refractivity contribution is 6.17. The van der Waals surface area contributed by atoms with Crippen LogP contribution in [0.1, 0.15) is 16.7 Å². The molecule has 0 atom stereocenters. The summed E-state index contributed by atoms with van der Waals surface area (Å²) in [6.07, 6.45) is 1.81. The van der Waals surface area contributed by atoms with Gasteiger partial charge in [0.15, 0.2) is 11.7 Å². The van der Waals surface area contributed by atoms with Crippen molar-refractivity contribution in [3.63, 3.8) is 0 Å². The summed E-state index contributed by atoms with van der Waals surface area (Å²) in [6, 6.07) is 47.7. The summed E-state index contributed by atoms with van der Waals surface area (Å²) >= 11 is 0. The zero-order valence-electron chi connectivity index (χ0n) is 21.8. The Kier molecular flexibility index (Phi) is 5.95. The lowest BCUT2D eigenvalue weighted by Gasteiger charge is -2.09. The fourth-order valence-electron chi connectivity index (χ4n) is 5.33. The van der Waals surface area contributed by atoms with Crippen LogP contribution in [0.2, 0.25) is 0 Å². The molecule has 0 aliphatic rings. The summed E-state index contributed by atoms with van der Waals surface area (Å²) in [6.45, 7) is 0. The van der Waals surface area contributed by atoms with Gasteiger partial charge in [0.05, 0.1) is 0 Å². The molecule has 0 aromatic heterocycles. The number of hydrogen-bond acceptors (Lipinski definition) is 1. The van der Waals surface area contributed by atoms with Crippen LogP contribution in [0, 0.1) is 5.41 Å². The first-order valence-electron chi connectivity index (χ1n) is 13.3. The summed E-state index contributed by atoms with van der Waals surface area (Å²) in [5.41, 5.74) is 2.60. The van der Waals surface area contributed by atoms with Crippen LogP contribution >= 0.6 is 0 Å². The number of hydrogen-bond donors (Lipinski definition) is 1. The molecule has 7 aromatic carbocycles. The number of benzene rings is 7. The van der Waals surface area contributed by atoms with E-state index in [1.807, 2.05) is 48.7 Å². The number of amidine groups is 2. The van der Waals surface area contributed by atoms with Crippen LogP contribution in [0.5, 0.6) is 0 Å². The summed E-state index contributed by atoms with van der Waals surface area (Å²) in [5, 5.41) is 18.3. The molecule has 0 bridgehead atoms. The van der Waals surface area contributed by atoms with Gasteiger partial charge < -0.3 is 0 Å². The average Bonchev–Trinajstić information content (AvgIpc) is 3.02. The van der Waals surface area contributed by atoms with Gasteiger partial charge in [-0.05, 0) is 60.8 Å². The Bertz CT molecular complexity index is 2120. The van der Waals surface area contributed by atoms with Gasteiger partial charge in [-0.2, -0.15) is 0 Å². The van der Waals surface area contributed by atoms with Gasteiger partial charge >= 0.3 is 0 Å². The number of nitrogens with zero attached hydrogens (tertiary/aromatic N) is 2. The number of aliphatic imine (C=N–C) groups is 2. The predicted octanol–water partition coefficient (Wildman–Crippen LogP) is 9.19. The van der Waals surface area contributed by atoms with Gasteiger partial charge in [-0.15, -0.1) is 0 Å². The molecule has 0 amide bonds. The average molecular weight is 512 g/mol. The molecule has 0 aliphatic heterocycles. The van der Waals surface area contributed by atoms with E-state index < -0.39 is 0 Å². The van der Waals surface area contributed by atoms with Crippen LogP contribution in [-0.4, -0.2) is 17.9 Å². The fourth-order valence-corrected chi connectivity index (χ4v) is 5.33. The maximum atomic E-state index is 8.94. The van der Waals surface area contributed by atoms with Gasteiger partial charge in [-0.1, -0.05) is 127 Å². The maximum Gasteiger partial charge on any atom is 0.161 e. The van der Waals surface area contributed by atoms with E-state index in [0.717, 1.165) is 27.5 Å². The molecule has 0 radical (unpaired) electrons. The highest BCUT2D eigenvalue weighted by atomic mass is 14.9. The number of fused-ring (bicyclic) bond motifs is 6. The van der Waals surface area contributed by atoms with E-state index in [2.05, 4.69) is 97.1 Å². The van der Waals surface area contributed by atoms with Gasteiger partial charge in [0, 0.05) is 17.3 Å². The van der Waals surface area contributed by atoms with Crippen molar-refractivity contribution in [2.45, 2.75) is 0 Å². The highest BCUT2D eigenvalue weighted by Gasteiger charge is 2.10. The number of rotatable bonds is 3. The van der Waals surface area contributed by atoms with Crippen LogP contribution in [-0.2, 0) is 0 Å². The van der Waals surface area contributed by atoms with E-state index in [-0.39, 0.29) is 5.84 Å². The third kappa shape index (κ3) is 4.44. The van der Waals surface area contributed by atoms with Crippen molar-refractivity contribution in [2.75, 3.05) is 0 Å². The number of nitrogens with one attached hydrogen (secondary N) is 1. The van der Waals surface area contributed by atoms with Crippen LogP contribution < -0.4 is 0 Å². The Balaban J connectivity index is 1.32. The molecule has 40 heavy (non-hydrogen) atoms. The lowest BCUT2D eigenvalue weighted by Crippen LogP contribution is -2.05.